The quantitative estimate of drug-likeness (QED) is 0.592. The van der Waals surface area contributed by atoms with Crippen molar-refractivity contribution < 1.29 is 4.74 Å². The minimum atomic E-state index is 0.463. The predicted molar refractivity (Wildman–Crippen MR) is 60.9 cm³/mol. The third-order valence-electron chi connectivity index (χ3n) is 3.60. The molecular formula is C11H23N3O. The van der Waals surface area contributed by atoms with E-state index in [2.05, 4.69) is 10.2 Å². The average molecular weight is 213 g/mol. The van der Waals surface area contributed by atoms with Crippen LogP contribution in [0.15, 0.2) is 0 Å². The first kappa shape index (κ1) is 11.3. The molecule has 1 saturated carbocycles. The molecule has 88 valence electrons. The molecule has 2 aliphatic rings. The van der Waals surface area contributed by atoms with E-state index < -0.39 is 0 Å². The topological polar surface area (TPSA) is 50.5 Å². The Morgan fingerprint density at radius 1 is 1.27 bits per heavy atom. The van der Waals surface area contributed by atoms with Crippen LogP contribution in [0.25, 0.3) is 0 Å². The first-order chi connectivity index (χ1) is 7.35. The summed E-state index contributed by atoms with van der Waals surface area (Å²) in [6.45, 7) is 8.14. The summed E-state index contributed by atoms with van der Waals surface area (Å²) >= 11 is 0. The van der Waals surface area contributed by atoms with Gasteiger partial charge in [0, 0.05) is 32.7 Å². The molecule has 0 unspecified atom stereocenters. The van der Waals surface area contributed by atoms with Crippen LogP contribution in [-0.2, 0) is 4.74 Å². The number of nitrogens with zero attached hydrogens (tertiary/aromatic N) is 1. The van der Waals surface area contributed by atoms with Gasteiger partial charge in [0.2, 0.25) is 0 Å². The lowest BCUT2D eigenvalue weighted by molar-refractivity contribution is 0.0383. The highest BCUT2D eigenvalue weighted by atomic mass is 16.5. The van der Waals surface area contributed by atoms with Gasteiger partial charge in [-0.2, -0.15) is 0 Å². The Hall–Kier alpha value is -0.160. The third kappa shape index (κ3) is 3.41. The number of rotatable bonds is 6. The number of nitrogens with one attached hydrogen (secondary N) is 1. The van der Waals surface area contributed by atoms with E-state index in [4.69, 9.17) is 10.5 Å². The van der Waals surface area contributed by atoms with Gasteiger partial charge < -0.3 is 15.8 Å². The maximum Gasteiger partial charge on any atom is 0.0594 e. The van der Waals surface area contributed by atoms with E-state index >= 15 is 0 Å². The zero-order valence-electron chi connectivity index (χ0n) is 9.50. The summed E-state index contributed by atoms with van der Waals surface area (Å²) in [7, 11) is 0. The van der Waals surface area contributed by atoms with Gasteiger partial charge in [0.1, 0.15) is 0 Å². The zero-order chi connectivity index (χ0) is 10.6. The van der Waals surface area contributed by atoms with Gasteiger partial charge in [0.15, 0.2) is 0 Å². The number of hydrogen-bond acceptors (Lipinski definition) is 4. The van der Waals surface area contributed by atoms with E-state index in [-0.39, 0.29) is 0 Å². The Morgan fingerprint density at radius 2 is 2.00 bits per heavy atom. The molecule has 15 heavy (non-hydrogen) atoms. The molecule has 0 spiro atoms. The van der Waals surface area contributed by atoms with Crippen LogP contribution < -0.4 is 11.1 Å². The molecule has 1 aliphatic heterocycles. The van der Waals surface area contributed by atoms with Crippen molar-refractivity contribution in [1.29, 1.82) is 0 Å². The predicted octanol–water partition coefficient (Wildman–Crippen LogP) is -0.353. The molecule has 4 nitrogen and oxygen atoms in total. The van der Waals surface area contributed by atoms with Gasteiger partial charge in [0.25, 0.3) is 0 Å². The summed E-state index contributed by atoms with van der Waals surface area (Å²) in [5.74, 6) is 0. The molecule has 2 fully saturated rings. The van der Waals surface area contributed by atoms with Crippen LogP contribution in [0.4, 0.5) is 0 Å². The van der Waals surface area contributed by atoms with Crippen molar-refractivity contribution >= 4 is 0 Å². The maximum atomic E-state index is 5.73. The summed E-state index contributed by atoms with van der Waals surface area (Å²) in [5.41, 5.74) is 6.19. The third-order valence-corrected chi connectivity index (χ3v) is 3.60. The van der Waals surface area contributed by atoms with Crippen LogP contribution in [0.5, 0.6) is 0 Å². The fourth-order valence-corrected chi connectivity index (χ4v) is 2.05. The van der Waals surface area contributed by atoms with E-state index in [9.17, 15) is 0 Å². The van der Waals surface area contributed by atoms with E-state index in [1.165, 1.54) is 12.8 Å². The van der Waals surface area contributed by atoms with Gasteiger partial charge in [-0.3, -0.25) is 4.90 Å². The lowest BCUT2D eigenvalue weighted by atomic mass is 10.1. The highest BCUT2D eigenvalue weighted by Crippen LogP contribution is 2.43. The van der Waals surface area contributed by atoms with Crippen LogP contribution >= 0.6 is 0 Å². The molecule has 0 aromatic rings. The lowest BCUT2D eigenvalue weighted by Gasteiger charge is -2.26. The van der Waals surface area contributed by atoms with Crippen molar-refractivity contribution in [3.63, 3.8) is 0 Å². The first-order valence-electron chi connectivity index (χ1n) is 6.06. The molecular weight excluding hydrogens is 190 g/mol. The molecule has 2 rings (SSSR count). The Labute approximate surface area is 92.1 Å². The lowest BCUT2D eigenvalue weighted by Crippen LogP contribution is -2.41. The van der Waals surface area contributed by atoms with Crippen molar-refractivity contribution in [2.75, 3.05) is 52.5 Å². The van der Waals surface area contributed by atoms with Gasteiger partial charge in [-0.15, -0.1) is 0 Å². The monoisotopic (exact) mass is 213 g/mol. The van der Waals surface area contributed by atoms with Crippen molar-refractivity contribution in [2.24, 2.45) is 11.1 Å². The number of nitrogens with two attached hydrogens (primary N) is 1. The van der Waals surface area contributed by atoms with E-state index in [0.717, 1.165) is 52.5 Å². The molecule has 4 heteroatoms. The molecule has 0 aromatic heterocycles. The van der Waals surface area contributed by atoms with Gasteiger partial charge in [-0.05, 0) is 24.8 Å². The Morgan fingerprint density at radius 3 is 2.60 bits per heavy atom. The van der Waals surface area contributed by atoms with Crippen LogP contribution in [-0.4, -0.2) is 57.4 Å². The Bertz CT molecular complexity index is 188. The van der Waals surface area contributed by atoms with Gasteiger partial charge in [-0.25, -0.2) is 0 Å². The molecule has 0 amide bonds. The summed E-state index contributed by atoms with van der Waals surface area (Å²) < 4.78 is 5.31. The zero-order valence-corrected chi connectivity index (χ0v) is 9.50. The summed E-state index contributed by atoms with van der Waals surface area (Å²) in [6, 6.07) is 0. The number of morpholine rings is 1. The number of hydrogen-bond donors (Lipinski definition) is 2. The van der Waals surface area contributed by atoms with Crippen LogP contribution in [0.2, 0.25) is 0 Å². The normalized spacial score (nSPS) is 25.4. The molecule has 0 bridgehead atoms. The molecule has 3 N–H and O–H groups in total. The minimum absolute atomic E-state index is 0.463. The smallest absolute Gasteiger partial charge is 0.0594 e. The molecule has 0 radical (unpaired) electrons. The second-order valence-corrected chi connectivity index (χ2v) is 4.83. The summed E-state index contributed by atoms with van der Waals surface area (Å²) in [6.07, 6.45) is 2.63. The second-order valence-electron chi connectivity index (χ2n) is 4.83. The van der Waals surface area contributed by atoms with Crippen LogP contribution in [0.1, 0.15) is 12.8 Å². The standard InChI is InChI=1S/C11H23N3O/c12-9-11(1-2-11)10-13-3-4-14-5-7-15-8-6-14/h13H,1-10,12H2. The number of ether oxygens (including phenoxy) is 1. The summed E-state index contributed by atoms with van der Waals surface area (Å²) in [5, 5.41) is 3.52. The summed E-state index contributed by atoms with van der Waals surface area (Å²) in [4.78, 5) is 2.46. The van der Waals surface area contributed by atoms with Crippen molar-refractivity contribution in [1.82, 2.24) is 10.2 Å². The largest absolute Gasteiger partial charge is 0.379 e. The van der Waals surface area contributed by atoms with Crippen LogP contribution in [0, 0.1) is 5.41 Å². The van der Waals surface area contributed by atoms with E-state index in [0.29, 0.717) is 5.41 Å². The molecule has 1 saturated heterocycles. The molecule has 1 heterocycles. The van der Waals surface area contributed by atoms with Crippen molar-refractivity contribution in [3.8, 4) is 0 Å². The van der Waals surface area contributed by atoms with Crippen molar-refractivity contribution in [3.05, 3.63) is 0 Å². The molecule has 0 aromatic carbocycles. The Balaban J connectivity index is 1.51. The fraction of sp³-hybridized carbons (Fsp3) is 1.00. The SMILES string of the molecule is NCC1(CNCCN2CCOCC2)CC1. The maximum absolute atomic E-state index is 5.73. The van der Waals surface area contributed by atoms with Crippen LogP contribution in [0.3, 0.4) is 0 Å². The van der Waals surface area contributed by atoms with E-state index in [1.54, 1.807) is 0 Å². The molecule has 0 atom stereocenters. The second kappa shape index (κ2) is 5.25. The average Bonchev–Trinajstić information content (AvgIpc) is 3.07. The highest BCUT2D eigenvalue weighted by Gasteiger charge is 2.40. The fourth-order valence-electron chi connectivity index (χ4n) is 2.05. The Kier molecular flexibility index (Phi) is 3.97. The first-order valence-corrected chi connectivity index (χ1v) is 6.06. The highest BCUT2D eigenvalue weighted by molar-refractivity contribution is 4.95. The van der Waals surface area contributed by atoms with Gasteiger partial charge >= 0.3 is 0 Å². The van der Waals surface area contributed by atoms with Gasteiger partial charge in [-0.1, -0.05) is 0 Å². The molecule has 1 aliphatic carbocycles. The van der Waals surface area contributed by atoms with Crippen molar-refractivity contribution in [2.45, 2.75) is 12.8 Å². The van der Waals surface area contributed by atoms with E-state index in [1.807, 2.05) is 0 Å². The minimum Gasteiger partial charge on any atom is -0.379 e. The van der Waals surface area contributed by atoms with Gasteiger partial charge in [0.05, 0.1) is 13.2 Å².